The zero-order valence-corrected chi connectivity index (χ0v) is 19.6. The number of hydrogen-bond donors (Lipinski definition) is 1. The molecule has 0 aliphatic carbocycles. The molecule has 0 radical (unpaired) electrons. The fourth-order valence-corrected chi connectivity index (χ4v) is 3.76. The maximum absolute atomic E-state index is 13.2. The van der Waals surface area contributed by atoms with Crippen molar-refractivity contribution in [3.63, 3.8) is 0 Å². The number of likely N-dealkylation sites (N-methyl/N-ethyl adjacent to an activating group) is 1. The van der Waals surface area contributed by atoms with E-state index in [0.717, 1.165) is 10.0 Å². The molecule has 0 saturated heterocycles. The van der Waals surface area contributed by atoms with Gasteiger partial charge in [-0.1, -0.05) is 48.0 Å². The Bertz CT molecular complexity index is 1200. The number of benzene rings is 2. The average molecular weight is 485 g/mol. The summed E-state index contributed by atoms with van der Waals surface area (Å²) in [6.07, 6.45) is 0. The van der Waals surface area contributed by atoms with Gasteiger partial charge in [0.1, 0.15) is 0 Å². The highest BCUT2D eigenvalue weighted by atomic mass is 79.9. The average Bonchev–Trinajstić information content (AvgIpc) is 2.71. The van der Waals surface area contributed by atoms with Crippen LogP contribution in [0.2, 0.25) is 0 Å². The van der Waals surface area contributed by atoms with E-state index in [0.29, 0.717) is 23.0 Å². The molecule has 31 heavy (non-hydrogen) atoms. The molecule has 7 nitrogen and oxygen atoms in total. The fraction of sp³-hybridized carbons (Fsp3) is 0.304. The lowest BCUT2D eigenvalue weighted by molar-refractivity contribution is -0.116. The van der Waals surface area contributed by atoms with Crippen LogP contribution in [0.5, 0.6) is 0 Å². The Balaban J connectivity index is 1.86. The number of aryl methyl sites for hydroxylation is 1. The van der Waals surface area contributed by atoms with Crippen LogP contribution in [-0.4, -0.2) is 40.1 Å². The van der Waals surface area contributed by atoms with Gasteiger partial charge in [-0.15, -0.1) is 0 Å². The molecule has 1 N–H and O–H groups in total. The van der Waals surface area contributed by atoms with Gasteiger partial charge in [-0.3, -0.25) is 14.4 Å². The lowest BCUT2D eigenvalue weighted by Crippen LogP contribution is -2.37. The third-order valence-electron chi connectivity index (χ3n) is 4.80. The standard InChI is InChI=1S/C23H25BrN4O3/c1-14(2)12-28-22(30)18-8-6-5-7-17(18)21(26-28)23(31)27(4)13-20(29)25-19-10-9-16(24)11-15(19)3/h5-11,14H,12-13H2,1-4H3,(H,25,29). The minimum absolute atomic E-state index is 0.145. The van der Waals surface area contributed by atoms with Crippen LogP contribution >= 0.6 is 15.9 Å². The van der Waals surface area contributed by atoms with E-state index in [2.05, 4.69) is 26.3 Å². The van der Waals surface area contributed by atoms with Crippen molar-refractivity contribution in [1.29, 1.82) is 0 Å². The van der Waals surface area contributed by atoms with Crippen molar-refractivity contribution >= 4 is 44.2 Å². The molecule has 2 amide bonds. The van der Waals surface area contributed by atoms with Gasteiger partial charge in [0.05, 0.1) is 11.9 Å². The molecule has 0 spiro atoms. The van der Waals surface area contributed by atoms with Gasteiger partial charge in [-0.25, -0.2) is 4.68 Å². The molecule has 1 aromatic heterocycles. The predicted molar refractivity (Wildman–Crippen MR) is 125 cm³/mol. The summed E-state index contributed by atoms with van der Waals surface area (Å²) in [4.78, 5) is 39.8. The van der Waals surface area contributed by atoms with E-state index in [9.17, 15) is 14.4 Å². The Labute approximate surface area is 189 Å². The Morgan fingerprint density at radius 2 is 1.84 bits per heavy atom. The number of halogens is 1. The van der Waals surface area contributed by atoms with E-state index >= 15 is 0 Å². The van der Waals surface area contributed by atoms with Crippen molar-refractivity contribution in [1.82, 2.24) is 14.7 Å². The second-order valence-corrected chi connectivity index (χ2v) is 8.86. The summed E-state index contributed by atoms with van der Waals surface area (Å²) in [5.74, 6) is -0.551. The Kier molecular flexibility index (Phi) is 6.90. The van der Waals surface area contributed by atoms with E-state index in [-0.39, 0.29) is 29.6 Å². The summed E-state index contributed by atoms with van der Waals surface area (Å²) < 4.78 is 2.25. The van der Waals surface area contributed by atoms with Crippen molar-refractivity contribution in [2.45, 2.75) is 27.3 Å². The number of anilines is 1. The molecule has 0 aliphatic rings. The van der Waals surface area contributed by atoms with E-state index in [1.165, 1.54) is 9.58 Å². The van der Waals surface area contributed by atoms with Gasteiger partial charge in [0, 0.05) is 29.1 Å². The van der Waals surface area contributed by atoms with Crippen LogP contribution in [0.1, 0.15) is 29.9 Å². The molecule has 1 heterocycles. The van der Waals surface area contributed by atoms with Crippen LogP contribution in [0.25, 0.3) is 10.8 Å². The quantitative estimate of drug-likeness (QED) is 0.575. The van der Waals surface area contributed by atoms with Gasteiger partial charge >= 0.3 is 0 Å². The summed E-state index contributed by atoms with van der Waals surface area (Å²) in [6.45, 7) is 6.10. The summed E-state index contributed by atoms with van der Waals surface area (Å²) in [5.41, 5.74) is 1.52. The number of nitrogens with zero attached hydrogens (tertiary/aromatic N) is 3. The van der Waals surface area contributed by atoms with Crippen molar-refractivity contribution in [3.8, 4) is 0 Å². The first-order valence-electron chi connectivity index (χ1n) is 9.98. The molecule has 2 aromatic carbocycles. The van der Waals surface area contributed by atoms with E-state index in [1.54, 1.807) is 37.4 Å². The van der Waals surface area contributed by atoms with Gasteiger partial charge in [0.15, 0.2) is 5.69 Å². The minimum atomic E-state index is -0.420. The summed E-state index contributed by atoms with van der Waals surface area (Å²) >= 11 is 3.40. The number of carbonyl (C=O) groups excluding carboxylic acids is 2. The number of aromatic nitrogens is 2. The summed E-state index contributed by atoms with van der Waals surface area (Å²) in [6, 6.07) is 12.5. The molecule has 0 bridgehead atoms. The Morgan fingerprint density at radius 1 is 1.16 bits per heavy atom. The van der Waals surface area contributed by atoms with Crippen LogP contribution in [0.3, 0.4) is 0 Å². The van der Waals surface area contributed by atoms with E-state index in [4.69, 9.17) is 0 Å². The highest BCUT2D eigenvalue weighted by molar-refractivity contribution is 9.10. The molecule has 0 atom stereocenters. The number of nitrogens with one attached hydrogen (secondary N) is 1. The summed E-state index contributed by atoms with van der Waals surface area (Å²) in [5, 5.41) is 8.10. The topological polar surface area (TPSA) is 84.3 Å². The number of carbonyl (C=O) groups is 2. The maximum Gasteiger partial charge on any atom is 0.275 e. The van der Waals surface area contributed by atoms with Crippen molar-refractivity contribution in [2.24, 2.45) is 5.92 Å². The second-order valence-electron chi connectivity index (χ2n) is 7.94. The molecule has 0 aliphatic heterocycles. The van der Waals surface area contributed by atoms with Gasteiger partial charge in [-0.05, 0) is 42.7 Å². The predicted octanol–water partition coefficient (Wildman–Crippen LogP) is 3.83. The first-order chi connectivity index (χ1) is 14.7. The van der Waals surface area contributed by atoms with Crippen LogP contribution < -0.4 is 10.9 Å². The Hall–Kier alpha value is -3.00. The molecule has 162 valence electrons. The third kappa shape index (κ3) is 5.19. The number of hydrogen-bond acceptors (Lipinski definition) is 4. The van der Waals surface area contributed by atoms with Crippen LogP contribution in [-0.2, 0) is 11.3 Å². The molecular weight excluding hydrogens is 460 g/mol. The highest BCUT2D eigenvalue weighted by Gasteiger charge is 2.22. The molecule has 0 saturated carbocycles. The van der Waals surface area contributed by atoms with Crippen LogP contribution in [0.4, 0.5) is 5.69 Å². The largest absolute Gasteiger partial charge is 0.331 e. The van der Waals surface area contributed by atoms with E-state index < -0.39 is 5.91 Å². The van der Waals surface area contributed by atoms with Gasteiger partial charge < -0.3 is 10.2 Å². The van der Waals surface area contributed by atoms with Gasteiger partial charge in [0.2, 0.25) is 5.91 Å². The second kappa shape index (κ2) is 9.43. The molecule has 8 heteroatoms. The SMILES string of the molecule is Cc1cc(Br)ccc1NC(=O)CN(C)C(=O)c1nn(CC(C)C)c(=O)c2ccccc12. The molecule has 3 rings (SSSR count). The molecule has 3 aromatic rings. The number of amides is 2. The first kappa shape index (κ1) is 22.7. The molecular formula is C23H25BrN4O3. The van der Waals surface area contributed by atoms with Crippen molar-refractivity contribution in [2.75, 3.05) is 18.9 Å². The zero-order valence-electron chi connectivity index (χ0n) is 18.0. The van der Waals surface area contributed by atoms with Crippen LogP contribution in [0, 0.1) is 12.8 Å². The normalized spacial score (nSPS) is 11.0. The van der Waals surface area contributed by atoms with E-state index in [1.807, 2.05) is 32.9 Å². The lowest BCUT2D eigenvalue weighted by Gasteiger charge is -2.19. The van der Waals surface area contributed by atoms with Crippen LogP contribution in [0.15, 0.2) is 51.7 Å². The van der Waals surface area contributed by atoms with Gasteiger partial charge in [-0.2, -0.15) is 5.10 Å². The minimum Gasteiger partial charge on any atom is -0.331 e. The monoisotopic (exact) mass is 484 g/mol. The highest BCUT2D eigenvalue weighted by Crippen LogP contribution is 2.20. The van der Waals surface area contributed by atoms with Crippen molar-refractivity contribution in [3.05, 3.63) is 68.5 Å². The van der Waals surface area contributed by atoms with Gasteiger partial charge in [0.25, 0.3) is 11.5 Å². The number of fused-ring (bicyclic) bond motifs is 1. The smallest absolute Gasteiger partial charge is 0.275 e. The summed E-state index contributed by atoms with van der Waals surface area (Å²) in [7, 11) is 1.55. The zero-order chi connectivity index (χ0) is 22.7. The fourth-order valence-electron chi connectivity index (χ4n) is 3.29. The lowest BCUT2D eigenvalue weighted by atomic mass is 10.1. The van der Waals surface area contributed by atoms with Crippen molar-refractivity contribution < 1.29 is 9.59 Å². The molecule has 0 fully saturated rings. The maximum atomic E-state index is 13.2. The number of rotatable bonds is 6. The third-order valence-corrected chi connectivity index (χ3v) is 5.29. The first-order valence-corrected chi connectivity index (χ1v) is 10.8. The Morgan fingerprint density at radius 3 is 2.48 bits per heavy atom. The molecule has 0 unspecified atom stereocenters.